The molecule has 26 heavy (non-hydrogen) atoms. The van der Waals surface area contributed by atoms with E-state index < -0.39 is 14.9 Å². The molecule has 1 aromatic rings. The van der Waals surface area contributed by atoms with E-state index in [1.807, 2.05) is 0 Å². The summed E-state index contributed by atoms with van der Waals surface area (Å²) in [6, 6.07) is 3.02. The Balaban J connectivity index is 0.00000243. The third kappa shape index (κ3) is 4.67. The van der Waals surface area contributed by atoms with Crippen LogP contribution in [0.3, 0.4) is 0 Å². The molecule has 7 nitrogen and oxygen atoms in total. The van der Waals surface area contributed by atoms with E-state index in [2.05, 4.69) is 5.32 Å². The molecule has 1 N–H and O–H groups in total. The molecule has 0 unspecified atom stereocenters. The van der Waals surface area contributed by atoms with E-state index >= 15 is 0 Å². The van der Waals surface area contributed by atoms with E-state index in [-0.39, 0.29) is 28.0 Å². The van der Waals surface area contributed by atoms with Gasteiger partial charge in [0, 0.05) is 25.2 Å². The van der Waals surface area contributed by atoms with Crippen molar-refractivity contribution >= 4 is 39.7 Å². The van der Waals surface area contributed by atoms with Crippen molar-refractivity contribution in [1.82, 2.24) is 9.62 Å². The number of hydrogen-bond acceptors (Lipinski definition) is 5. The van der Waals surface area contributed by atoms with Gasteiger partial charge < -0.3 is 5.32 Å². The minimum Gasteiger partial charge on any atom is -0.314 e. The Bertz CT molecular complexity index is 776. The van der Waals surface area contributed by atoms with Crippen LogP contribution in [0.2, 0.25) is 5.02 Å². The Labute approximate surface area is 164 Å². The second-order valence-corrected chi connectivity index (χ2v) is 9.17. The van der Waals surface area contributed by atoms with Crippen molar-refractivity contribution in [3.05, 3.63) is 32.8 Å². The van der Waals surface area contributed by atoms with E-state index in [1.165, 1.54) is 29.3 Å². The largest absolute Gasteiger partial charge is 0.314 e. The van der Waals surface area contributed by atoms with Gasteiger partial charge in [-0.15, -0.1) is 12.4 Å². The summed E-state index contributed by atoms with van der Waals surface area (Å²) in [4.78, 5) is 10.3. The Morgan fingerprint density at radius 2 is 1.88 bits per heavy atom. The molecule has 1 aliphatic heterocycles. The van der Waals surface area contributed by atoms with Crippen molar-refractivity contribution in [1.29, 1.82) is 0 Å². The monoisotopic (exact) mass is 423 g/mol. The van der Waals surface area contributed by atoms with Gasteiger partial charge in [-0.05, 0) is 56.7 Å². The Hall–Kier alpha value is -0.930. The van der Waals surface area contributed by atoms with Gasteiger partial charge in [0.05, 0.1) is 4.92 Å². The lowest BCUT2D eigenvalue weighted by Crippen LogP contribution is -2.45. The maximum atomic E-state index is 12.9. The smallest absolute Gasteiger partial charge is 0.289 e. The number of nitro benzene ring substituents is 1. The van der Waals surface area contributed by atoms with Crippen LogP contribution in [0.4, 0.5) is 5.69 Å². The topological polar surface area (TPSA) is 92.5 Å². The normalized spacial score (nSPS) is 19.2. The van der Waals surface area contributed by atoms with Crippen molar-refractivity contribution in [3.8, 4) is 0 Å². The molecule has 2 fully saturated rings. The summed E-state index contributed by atoms with van der Waals surface area (Å²) in [5, 5.41) is 14.3. The number of nitrogens with zero attached hydrogens (tertiary/aromatic N) is 2. The van der Waals surface area contributed by atoms with Gasteiger partial charge in [0.15, 0.2) is 0 Å². The quantitative estimate of drug-likeness (QED) is 0.560. The van der Waals surface area contributed by atoms with Gasteiger partial charge in [-0.2, -0.15) is 4.31 Å². The summed E-state index contributed by atoms with van der Waals surface area (Å²) in [6.07, 6.45) is 4.03. The van der Waals surface area contributed by atoms with Gasteiger partial charge >= 0.3 is 0 Å². The van der Waals surface area contributed by atoms with E-state index in [1.54, 1.807) is 6.92 Å². The highest BCUT2D eigenvalue weighted by molar-refractivity contribution is 7.89. The molecule has 0 bridgehead atoms. The van der Waals surface area contributed by atoms with Gasteiger partial charge in [0.1, 0.15) is 9.92 Å². The second-order valence-electron chi connectivity index (χ2n) is 6.88. The summed E-state index contributed by atoms with van der Waals surface area (Å²) in [5.74, 6) is 0.786. The molecule has 1 saturated carbocycles. The maximum Gasteiger partial charge on any atom is 0.289 e. The lowest BCUT2D eigenvalue weighted by molar-refractivity contribution is -0.385. The second kappa shape index (κ2) is 8.39. The standard InChI is InChI=1S/C16H22ClN3O4S.ClH/c1-11-8-14(20(21)22)16(17)15(9-11)25(23,24)19-6-4-13(5-7-19)18-10-12-2-3-12;/h8-9,12-13,18H,2-7,10H2,1H3;1H. The Morgan fingerprint density at radius 3 is 2.42 bits per heavy atom. The van der Waals surface area contributed by atoms with Crippen LogP contribution in [0.15, 0.2) is 17.0 Å². The number of benzene rings is 1. The predicted octanol–water partition coefficient (Wildman–Crippen LogP) is 3.13. The highest BCUT2D eigenvalue weighted by Crippen LogP contribution is 2.35. The van der Waals surface area contributed by atoms with Crippen LogP contribution in [0, 0.1) is 23.0 Å². The zero-order valence-corrected chi connectivity index (χ0v) is 16.9. The summed E-state index contributed by atoms with van der Waals surface area (Å²) < 4.78 is 27.2. The average Bonchev–Trinajstić information content (AvgIpc) is 3.39. The first kappa shape index (κ1) is 21.4. The number of hydrogen-bond donors (Lipinski definition) is 1. The molecule has 1 aromatic carbocycles. The van der Waals surface area contributed by atoms with Gasteiger partial charge in [0.25, 0.3) is 5.69 Å². The van der Waals surface area contributed by atoms with Gasteiger partial charge in [-0.1, -0.05) is 11.6 Å². The number of halogens is 2. The molecule has 0 aromatic heterocycles. The van der Waals surface area contributed by atoms with Gasteiger partial charge in [0.2, 0.25) is 10.0 Å². The molecule has 0 amide bonds. The predicted molar refractivity (Wildman–Crippen MR) is 103 cm³/mol. The molecular weight excluding hydrogens is 401 g/mol. The van der Waals surface area contributed by atoms with Crippen LogP contribution in [0.25, 0.3) is 0 Å². The van der Waals surface area contributed by atoms with Crippen molar-refractivity contribution in [2.75, 3.05) is 19.6 Å². The van der Waals surface area contributed by atoms with Crippen molar-refractivity contribution < 1.29 is 13.3 Å². The molecular formula is C16H23Cl2N3O4S. The fourth-order valence-electron chi connectivity index (χ4n) is 3.13. The van der Waals surface area contributed by atoms with E-state index in [0.29, 0.717) is 24.7 Å². The molecule has 0 radical (unpaired) electrons. The molecule has 1 saturated heterocycles. The number of sulfonamides is 1. The van der Waals surface area contributed by atoms with Crippen LogP contribution < -0.4 is 5.32 Å². The lowest BCUT2D eigenvalue weighted by Gasteiger charge is -2.32. The highest BCUT2D eigenvalue weighted by atomic mass is 35.5. The van der Waals surface area contributed by atoms with Gasteiger partial charge in [-0.3, -0.25) is 10.1 Å². The summed E-state index contributed by atoms with van der Waals surface area (Å²) in [7, 11) is -3.84. The zero-order chi connectivity index (χ0) is 18.2. The average molecular weight is 424 g/mol. The molecule has 146 valence electrons. The first-order chi connectivity index (χ1) is 11.8. The number of nitrogens with one attached hydrogen (secondary N) is 1. The van der Waals surface area contributed by atoms with E-state index in [0.717, 1.165) is 25.3 Å². The van der Waals surface area contributed by atoms with Crippen LogP contribution in [-0.2, 0) is 10.0 Å². The fourth-order valence-corrected chi connectivity index (χ4v) is 5.24. The van der Waals surface area contributed by atoms with Crippen LogP contribution in [0.1, 0.15) is 31.2 Å². The van der Waals surface area contributed by atoms with Crippen LogP contribution in [0.5, 0.6) is 0 Å². The zero-order valence-electron chi connectivity index (χ0n) is 14.5. The number of nitro groups is 1. The Kier molecular flexibility index (Phi) is 6.90. The van der Waals surface area contributed by atoms with Gasteiger partial charge in [-0.25, -0.2) is 8.42 Å². The summed E-state index contributed by atoms with van der Waals surface area (Å²) >= 11 is 6.04. The minimum absolute atomic E-state index is 0. The lowest BCUT2D eigenvalue weighted by atomic mass is 10.1. The van der Waals surface area contributed by atoms with Crippen molar-refractivity contribution in [2.45, 2.75) is 43.5 Å². The minimum atomic E-state index is -3.84. The number of piperidine rings is 1. The third-order valence-corrected chi connectivity index (χ3v) is 7.26. The van der Waals surface area contributed by atoms with E-state index in [4.69, 9.17) is 11.6 Å². The van der Waals surface area contributed by atoms with Crippen molar-refractivity contribution in [3.63, 3.8) is 0 Å². The molecule has 2 aliphatic rings. The maximum absolute atomic E-state index is 12.9. The van der Waals surface area contributed by atoms with Crippen molar-refractivity contribution in [2.24, 2.45) is 5.92 Å². The molecule has 0 atom stereocenters. The van der Waals surface area contributed by atoms with Crippen LogP contribution in [-0.4, -0.2) is 43.3 Å². The Morgan fingerprint density at radius 1 is 1.27 bits per heavy atom. The van der Waals surface area contributed by atoms with E-state index in [9.17, 15) is 18.5 Å². The molecule has 3 rings (SSSR count). The highest BCUT2D eigenvalue weighted by Gasteiger charge is 2.34. The summed E-state index contributed by atoms with van der Waals surface area (Å²) in [5.41, 5.74) is 0.122. The first-order valence-corrected chi connectivity index (χ1v) is 10.3. The SMILES string of the molecule is Cc1cc([N+](=O)[O-])c(Cl)c(S(=O)(=O)N2CCC(NCC3CC3)CC2)c1.Cl. The molecule has 10 heteroatoms. The molecule has 1 heterocycles. The third-order valence-electron chi connectivity index (χ3n) is 4.82. The molecule has 0 spiro atoms. The fraction of sp³-hybridized carbons (Fsp3) is 0.625. The number of rotatable bonds is 6. The number of aryl methyl sites for hydroxylation is 1. The first-order valence-electron chi connectivity index (χ1n) is 8.47. The van der Waals surface area contributed by atoms with Crippen LogP contribution >= 0.6 is 24.0 Å². The molecule has 1 aliphatic carbocycles. The summed E-state index contributed by atoms with van der Waals surface area (Å²) in [6.45, 7) is 3.41.